The first-order valence-corrected chi connectivity index (χ1v) is 11.9. The standard InChI is InChI=1S/C21H43As/c1-2-3-4-5-6-7-8-9-10-11-12-13-14-15-16-17-18-19-20-21-22/h2-21H2,1H3. The quantitative estimate of drug-likeness (QED) is 0.160. The van der Waals surface area contributed by atoms with Gasteiger partial charge in [-0.2, -0.15) is 0 Å². The molecule has 0 amide bonds. The molecule has 0 aliphatic carbocycles. The topological polar surface area (TPSA) is 0 Å². The van der Waals surface area contributed by atoms with E-state index in [0.29, 0.717) is 0 Å². The van der Waals surface area contributed by atoms with Crippen LogP contribution in [0.15, 0.2) is 0 Å². The molecule has 0 heterocycles. The Morgan fingerprint density at radius 3 is 0.818 bits per heavy atom. The molecule has 0 atom stereocenters. The van der Waals surface area contributed by atoms with E-state index in [4.69, 9.17) is 0 Å². The zero-order valence-corrected chi connectivity index (χ0v) is 17.5. The van der Waals surface area contributed by atoms with Crippen LogP contribution in [0, 0.1) is 0 Å². The van der Waals surface area contributed by atoms with E-state index in [-0.39, 0.29) is 0 Å². The van der Waals surface area contributed by atoms with Gasteiger partial charge >= 0.3 is 92.7 Å². The fourth-order valence-electron chi connectivity index (χ4n) is 3.19. The Balaban J connectivity index is 2.91. The van der Waals surface area contributed by atoms with Crippen LogP contribution in [0.2, 0.25) is 5.21 Å². The number of rotatable bonds is 19. The van der Waals surface area contributed by atoms with Crippen molar-refractivity contribution >= 4 is 16.9 Å². The van der Waals surface area contributed by atoms with E-state index >= 15 is 0 Å². The van der Waals surface area contributed by atoms with Crippen molar-refractivity contribution in [2.24, 2.45) is 0 Å². The van der Waals surface area contributed by atoms with Gasteiger partial charge in [0.25, 0.3) is 0 Å². The van der Waals surface area contributed by atoms with Gasteiger partial charge in [0.1, 0.15) is 0 Å². The maximum absolute atomic E-state index is 2.70. The first-order chi connectivity index (χ1) is 10.9. The van der Waals surface area contributed by atoms with Crippen molar-refractivity contribution in [1.82, 2.24) is 0 Å². The van der Waals surface area contributed by atoms with Gasteiger partial charge in [0.15, 0.2) is 0 Å². The minimum absolute atomic E-state index is 1.31. The summed E-state index contributed by atoms with van der Waals surface area (Å²) in [5.74, 6) is 0. The van der Waals surface area contributed by atoms with Crippen molar-refractivity contribution in [3.8, 4) is 0 Å². The second-order valence-electron chi connectivity index (χ2n) is 7.09. The van der Waals surface area contributed by atoms with Crippen molar-refractivity contribution in [2.75, 3.05) is 0 Å². The monoisotopic (exact) mass is 370 g/mol. The Bertz CT molecular complexity index is 159. The molecule has 0 aromatic rings. The van der Waals surface area contributed by atoms with E-state index in [1.165, 1.54) is 127 Å². The molecule has 0 spiro atoms. The summed E-state index contributed by atoms with van der Waals surface area (Å²) in [5, 5.41) is 1.31. The summed E-state index contributed by atoms with van der Waals surface area (Å²) in [6, 6.07) is 0. The molecule has 2 radical (unpaired) electrons. The Hall–Kier alpha value is 0.558. The molecule has 0 fully saturated rings. The molecule has 1 heteroatoms. The molecule has 0 nitrogen and oxygen atoms in total. The number of unbranched alkanes of at least 4 members (excludes halogenated alkanes) is 18. The van der Waals surface area contributed by atoms with Crippen molar-refractivity contribution in [1.29, 1.82) is 0 Å². The zero-order chi connectivity index (χ0) is 16.1. The first kappa shape index (κ1) is 22.6. The average Bonchev–Trinajstić information content (AvgIpc) is 2.54. The van der Waals surface area contributed by atoms with Gasteiger partial charge in [-0.05, 0) is 0 Å². The molecule has 0 N–H and O–H groups in total. The molecule has 0 unspecified atom stereocenters. The van der Waals surface area contributed by atoms with Gasteiger partial charge in [-0.3, -0.25) is 0 Å². The molecule has 0 aliphatic heterocycles. The van der Waals surface area contributed by atoms with Gasteiger partial charge in [-0.25, -0.2) is 0 Å². The van der Waals surface area contributed by atoms with Crippen molar-refractivity contribution < 1.29 is 0 Å². The van der Waals surface area contributed by atoms with Gasteiger partial charge < -0.3 is 0 Å². The third-order valence-corrected chi connectivity index (χ3v) is 5.43. The summed E-state index contributed by atoms with van der Waals surface area (Å²) in [6.07, 6.45) is 27.9. The second kappa shape index (κ2) is 21.6. The Morgan fingerprint density at radius 2 is 0.591 bits per heavy atom. The van der Waals surface area contributed by atoms with Crippen LogP contribution in [0.5, 0.6) is 0 Å². The normalized spacial score (nSPS) is 11.2. The van der Waals surface area contributed by atoms with Crippen LogP contribution in [0.1, 0.15) is 129 Å². The summed E-state index contributed by atoms with van der Waals surface area (Å²) in [6.45, 7) is 2.30. The molecule has 0 rings (SSSR count). The summed E-state index contributed by atoms with van der Waals surface area (Å²) >= 11 is 2.70. The van der Waals surface area contributed by atoms with Gasteiger partial charge in [-0.15, -0.1) is 0 Å². The van der Waals surface area contributed by atoms with E-state index in [9.17, 15) is 0 Å². The Kier molecular flexibility index (Phi) is 22.1. The fraction of sp³-hybridized carbons (Fsp3) is 1.00. The molecular formula is C21H43As. The number of hydrogen-bond acceptors (Lipinski definition) is 0. The molecule has 0 aliphatic rings. The third-order valence-electron chi connectivity index (χ3n) is 4.76. The number of hydrogen-bond donors (Lipinski definition) is 0. The molecule has 0 aromatic carbocycles. The van der Waals surface area contributed by atoms with E-state index in [2.05, 4.69) is 23.8 Å². The first-order valence-electron chi connectivity index (χ1n) is 10.5. The Labute approximate surface area is 151 Å². The zero-order valence-electron chi connectivity index (χ0n) is 15.6. The average molecular weight is 370 g/mol. The molecule has 0 saturated carbocycles. The summed E-state index contributed by atoms with van der Waals surface area (Å²) in [4.78, 5) is 0. The summed E-state index contributed by atoms with van der Waals surface area (Å²) in [5.41, 5.74) is 0. The van der Waals surface area contributed by atoms with E-state index < -0.39 is 0 Å². The fourth-order valence-corrected chi connectivity index (χ4v) is 3.66. The van der Waals surface area contributed by atoms with Crippen LogP contribution in [0.25, 0.3) is 0 Å². The van der Waals surface area contributed by atoms with Gasteiger partial charge in [0, 0.05) is 0 Å². The SMILES string of the molecule is CCCCCCCCCCCCCCCCCCCCC[As]. The molecule has 22 heavy (non-hydrogen) atoms. The second-order valence-corrected chi connectivity index (χ2v) is 8.03. The van der Waals surface area contributed by atoms with Crippen LogP contribution in [-0.2, 0) is 0 Å². The van der Waals surface area contributed by atoms with Gasteiger partial charge in [0.05, 0.1) is 0 Å². The predicted octanol–water partition coefficient (Wildman–Crippen LogP) is 8.01. The van der Waals surface area contributed by atoms with Gasteiger partial charge in [0.2, 0.25) is 0 Å². The molecule has 0 saturated heterocycles. The molecule has 132 valence electrons. The van der Waals surface area contributed by atoms with Crippen LogP contribution >= 0.6 is 0 Å². The molecule has 0 bridgehead atoms. The van der Waals surface area contributed by atoms with Gasteiger partial charge in [-0.1, -0.05) is 58.3 Å². The predicted molar refractivity (Wildman–Crippen MR) is 104 cm³/mol. The third kappa shape index (κ3) is 20.6. The van der Waals surface area contributed by atoms with Crippen LogP contribution in [-0.4, -0.2) is 16.9 Å². The van der Waals surface area contributed by atoms with E-state index in [0.717, 1.165) is 0 Å². The summed E-state index contributed by atoms with van der Waals surface area (Å²) < 4.78 is 0. The van der Waals surface area contributed by atoms with Crippen LogP contribution in [0.4, 0.5) is 0 Å². The van der Waals surface area contributed by atoms with E-state index in [1.807, 2.05) is 0 Å². The van der Waals surface area contributed by atoms with E-state index in [1.54, 1.807) is 0 Å². The van der Waals surface area contributed by atoms with Crippen molar-refractivity contribution in [3.63, 3.8) is 0 Å². The summed E-state index contributed by atoms with van der Waals surface area (Å²) in [7, 11) is 0. The van der Waals surface area contributed by atoms with Crippen molar-refractivity contribution in [2.45, 2.75) is 134 Å². The Morgan fingerprint density at radius 1 is 0.364 bits per heavy atom. The maximum atomic E-state index is 2.70. The molecule has 0 aromatic heterocycles. The molecular weight excluding hydrogens is 327 g/mol. The minimum atomic E-state index is 1.31. The van der Waals surface area contributed by atoms with Crippen LogP contribution < -0.4 is 0 Å². The van der Waals surface area contributed by atoms with Crippen LogP contribution in [0.3, 0.4) is 0 Å². The van der Waals surface area contributed by atoms with Crippen molar-refractivity contribution in [3.05, 3.63) is 0 Å².